The summed E-state index contributed by atoms with van der Waals surface area (Å²) >= 11 is 0. The van der Waals surface area contributed by atoms with Crippen molar-refractivity contribution in [3.63, 3.8) is 0 Å². The quantitative estimate of drug-likeness (QED) is 0.517. The number of nitrogens with zero attached hydrogens (tertiary/aromatic N) is 1. The minimum absolute atomic E-state index is 0.0943. The fourth-order valence-electron chi connectivity index (χ4n) is 2.49. The average molecular weight is 314 g/mol. The van der Waals surface area contributed by atoms with Crippen LogP contribution in [-0.4, -0.2) is 59.6 Å². The van der Waals surface area contributed by atoms with Gasteiger partial charge < -0.3 is 15.7 Å². The second-order valence-corrected chi connectivity index (χ2v) is 5.89. The summed E-state index contributed by atoms with van der Waals surface area (Å²) in [6.07, 6.45) is 1.09. The molecule has 0 aromatic rings. The van der Waals surface area contributed by atoms with Crippen molar-refractivity contribution in [2.75, 3.05) is 13.6 Å². The largest absolute Gasteiger partial charge is 0.480 e. The van der Waals surface area contributed by atoms with Gasteiger partial charge in [-0.25, -0.2) is 5.43 Å². The van der Waals surface area contributed by atoms with E-state index in [2.05, 4.69) is 16.1 Å². The van der Waals surface area contributed by atoms with Gasteiger partial charge in [0.25, 0.3) is 5.91 Å². The Kier molecular flexibility index (Phi) is 6.76. The lowest BCUT2D eigenvalue weighted by molar-refractivity contribution is -0.148. The second-order valence-electron chi connectivity index (χ2n) is 5.89. The lowest BCUT2D eigenvalue weighted by Crippen LogP contribution is -2.60. The molecule has 0 aromatic carbocycles. The van der Waals surface area contributed by atoms with E-state index in [1.807, 2.05) is 13.8 Å². The molecule has 1 fully saturated rings. The molecule has 0 saturated carbocycles. The highest BCUT2D eigenvalue weighted by molar-refractivity contribution is 5.89. The van der Waals surface area contributed by atoms with Crippen LogP contribution in [0.4, 0.5) is 0 Å². The van der Waals surface area contributed by atoms with Crippen LogP contribution >= 0.6 is 0 Å². The Hall–Kier alpha value is -1.67. The number of aliphatic carboxylic acids is 1. The summed E-state index contributed by atoms with van der Waals surface area (Å²) in [4.78, 5) is 35.4. The first-order valence-corrected chi connectivity index (χ1v) is 7.56. The fraction of sp³-hybridized carbons (Fsp3) is 0.786. The maximum Gasteiger partial charge on any atom is 0.322 e. The number of amides is 2. The monoisotopic (exact) mass is 314 g/mol. The minimum Gasteiger partial charge on any atom is -0.480 e. The first-order chi connectivity index (χ1) is 10.3. The molecule has 2 amide bonds. The summed E-state index contributed by atoms with van der Waals surface area (Å²) in [6, 6.07) is -1.86. The van der Waals surface area contributed by atoms with E-state index in [0.717, 1.165) is 0 Å². The third kappa shape index (κ3) is 4.67. The zero-order valence-electron chi connectivity index (χ0n) is 13.5. The van der Waals surface area contributed by atoms with Crippen molar-refractivity contribution in [2.45, 2.75) is 51.7 Å². The summed E-state index contributed by atoms with van der Waals surface area (Å²) in [5.41, 5.74) is 2.69. The maximum atomic E-state index is 12.3. The number of likely N-dealkylation sites (N-methyl/N-ethyl adjacent to an activating group) is 1. The SMILES string of the molecule is CN[C@H](C(=O)N[C@@H](C)C(=O)N1CCC[C@@H](C(=O)O)N1)C(C)C. The van der Waals surface area contributed by atoms with Gasteiger partial charge in [0.05, 0.1) is 6.04 Å². The van der Waals surface area contributed by atoms with Gasteiger partial charge >= 0.3 is 5.97 Å². The van der Waals surface area contributed by atoms with Gasteiger partial charge in [-0.2, -0.15) is 0 Å². The van der Waals surface area contributed by atoms with Crippen LogP contribution < -0.4 is 16.1 Å². The zero-order valence-corrected chi connectivity index (χ0v) is 13.5. The highest BCUT2D eigenvalue weighted by Crippen LogP contribution is 2.09. The van der Waals surface area contributed by atoms with Crippen LogP contribution in [0.1, 0.15) is 33.6 Å². The van der Waals surface area contributed by atoms with Crippen LogP contribution in [0.3, 0.4) is 0 Å². The van der Waals surface area contributed by atoms with Gasteiger partial charge in [-0.1, -0.05) is 13.8 Å². The zero-order chi connectivity index (χ0) is 16.9. The van der Waals surface area contributed by atoms with E-state index in [-0.39, 0.29) is 23.8 Å². The molecule has 1 aliphatic heterocycles. The first kappa shape index (κ1) is 18.4. The minimum atomic E-state index is -0.982. The van der Waals surface area contributed by atoms with Crippen LogP contribution in [0.25, 0.3) is 0 Å². The molecule has 0 unspecified atom stereocenters. The Balaban J connectivity index is 2.61. The molecule has 8 heteroatoms. The molecule has 1 aliphatic rings. The van der Waals surface area contributed by atoms with Gasteiger partial charge in [0.1, 0.15) is 12.1 Å². The van der Waals surface area contributed by atoms with Crippen molar-refractivity contribution in [1.29, 1.82) is 0 Å². The molecule has 22 heavy (non-hydrogen) atoms. The predicted molar refractivity (Wildman–Crippen MR) is 80.8 cm³/mol. The lowest BCUT2D eigenvalue weighted by atomic mass is 10.0. The van der Waals surface area contributed by atoms with Gasteiger partial charge in [-0.05, 0) is 32.7 Å². The highest BCUT2D eigenvalue weighted by Gasteiger charge is 2.31. The van der Waals surface area contributed by atoms with Crippen molar-refractivity contribution in [2.24, 2.45) is 5.92 Å². The number of carboxylic acids is 1. The van der Waals surface area contributed by atoms with Gasteiger partial charge in [-0.15, -0.1) is 0 Å². The molecular formula is C14H26N4O4. The molecule has 1 heterocycles. The molecule has 126 valence electrons. The van der Waals surface area contributed by atoms with Crippen LogP contribution in [0.2, 0.25) is 0 Å². The summed E-state index contributed by atoms with van der Waals surface area (Å²) in [5.74, 6) is -1.47. The molecule has 8 nitrogen and oxygen atoms in total. The molecular weight excluding hydrogens is 288 g/mol. The van der Waals surface area contributed by atoms with Crippen LogP contribution in [-0.2, 0) is 14.4 Å². The van der Waals surface area contributed by atoms with E-state index < -0.39 is 18.1 Å². The van der Waals surface area contributed by atoms with Gasteiger partial charge in [0.15, 0.2) is 0 Å². The maximum absolute atomic E-state index is 12.3. The van der Waals surface area contributed by atoms with Crippen molar-refractivity contribution in [3.05, 3.63) is 0 Å². The molecule has 4 N–H and O–H groups in total. The van der Waals surface area contributed by atoms with E-state index in [0.29, 0.717) is 19.4 Å². The van der Waals surface area contributed by atoms with E-state index in [1.54, 1.807) is 14.0 Å². The molecule has 0 aliphatic carbocycles. The number of carboxylic acid groups (broad SMARTS) is 1. The van der Waals surface area contributed by atoms with Gasteiger partial charge in [0, 0.05) is 6.54 Å². The smallest absolute Gasteiger partial charge is 0.322 e. The van der Waals surface area contributed by atoms with Gasteiger partial charge in [0.2, 0.25) is 5.91 Å². The number of rotatable bonds is 6. The third-order valence-electron chi connectivity index (χ3n) is 3.74. The van der Waals surface area contributed by atoms with Crippen molar-refractivity contribution in [1.82, 2.24) is 21.1 Å². The molecule has 0 spiro atoms. The third-order valence-corrected chi connectivity index (χ3v) is 3.74. The van der Waals surface area contributed by atoms with Crippen molar-refractivity contribution in [3.8, 4) is 0 Å². The van der Waals surface area contributed by atoms with E-state index >= 15 is 0 Å². The number of hydrazine groups is 1. The van der Waals surface area contributed by atoms with Gasteiger partial charge in [-0.3, -0.25) is 19.4 Å². The summed E-state index contributed by atoms with van der Waals surface area (Å²) in [6.45, 7) is 5.86. The summed E-state index contributed by atoms with van der Waals surface area (Å²) in [5, 5.41) is 15.9. The topological polar surface area (TPSA) is 111 Å². The standard InChI is InChI=1S/C14H26N4O4/c1-8(2)11(15-4)12(19)16-9(3)13(20)18-7-5-6-10(17-18)14(21)22/h8-11,15,17H,5-7H2,1-4H3,(H,16,19)(H,21,22)/t9-,10-,11-/m0/s1. The number of nitrogens with one attached hydrogen (secondary N) is 3. The second kappa shape index (κ2) is 8.09. The molecule has 3 atom stereocenters. The first-order valence-electron chi connectivity index (χ1n) is 7.56. The Morgan fingerprint density at radius 2 is 1.91 bits per heavy atom. The number of carbonyl (C=O) groups excluding carboxylic acids is 2. The van der Waals surface area contributed by atoms with Crippen molar-refractivity contribution < 1.29 is 19.5 Å². The van der Waals surface area contributed by atoms with Crippen LogP contribution in [0, 0.1) is 5.92 Å². The Morgan fingerprint density at radius 1 is 1.27 bits per heavy atom. The Morgan fingerprint density at radius 3 is 2.41 bits per heavy atom. The lowest BCUT2D eigenvalue weighted by Gasteiger charge is -2.34. The number of hydrogen-bond donors (Lipinski definition) is 4. The Labute approximate surface area is 130 Å². The molecule has 0 aromatic heterocycles. The predicted octanol–water partition coefficient (Wildman–Crippen LogP) is -0.685. The van der Waals surface area contributed by atoms with Crippen LogP contribution in [0.5, 0.6) is 0 Å². The molecule has 0 bridgehead atoms. The average Bonchev–Trinajstić information content (AvgIpc) is 2.46. The van der Waals surface area contributed by atoms with Crippen molar-refractivity contribution >= 4 is 17.8 Å². The van der Waals surface area contributed by atoms with Crippen LogP contribution in [0.15, 0.2) is 0 Å². The molecule has 0 radical (unpaired) electrons. The Bertz CT molecular complexity index is 427. The van der Waals surface area contributed by atoms with E-state index in [9.17, 15) is 14.4 Å². The molecule has 1 saturated heterocycles. The van der Waals surface area contributed by atoms with E-state index in [1.165, 1.54) is 5.01 Å². The summed E-state index contributed by atoms with van der Waals surface area (Å²) in [7, 11) is 1.69. The van der Waals surface area contributed by atoms with E-state index in [4.69, 9.17) is 5.11 Å². The fourth-order valence-corrected chi connectivity index (χ4v) is 2.49. The number of carbonyl (C=O) groups is 3. The highest BCUT2D eigenvalue weighted by atomic mass is 16.4. The molecule has 1 rings (SSSR count). The normalized spacial score (nSPS) is 21.3. The summed E-state index contributed by atoms with van der Waals surface area (Å²) < 4.78 is 0. The number of hydrogen-bond acceptors (Lipinski definition) is 5.